The van der Waals surface area contributed by atoms with Crippen LogP contribution in [0.15, 0.2) is 79.4 Å². The summed E-state index contributed by atoms with van der Waals surface area (Å²) in [5, 5.41) is 0. The van der Waals surface area contributed by atoms with E-state index in [1.807, 2.05) is 30.3 Å². The molecule has 2 aliphatic rings. The zero-order chi connectivity index (χ0) is 24.9. The molecule has 4 heterocycles. The number of hydrogen-bond donors (Lipinski definition) is 0. The molecule has 0 amide bonds. The number of methoxy groups -OCH3 is 1. The Morgan fingerprint density at radius 1 is 0.833 bits per heavy atom. The molecule has 36 heavy (non-hydrogen) atoms. The van der Waals surface area contributed by atoms with E-state index in [1.165, 1.54) is 19.5 Å². The van der Waals surface area contributed by atoms with Crippen LogP contribution in [-0.2, 0) is 28.4 Å². The number of carbonyl (C=O) groups is 2. The van der Waals surface area contributed by atoms with Crippen LogP contribution in [0.1, 0.15) is 32.6 Å². The molecule has 3 aromatic rings. The van der Waals surface area contributed by atoms with Crippen LogP contribution in [0.5, 0.6) is 0 Å². The largest absolute Gasteiger partial charge is 0.452 e. The van der Waals surface area contributed by atoms with E-state index in [9.17, 15) is 9.59 Å². The quantitative estimate of drug-likeness (QED) is 0.476. The molecule has 0 radical (unpaired) electrons. The molecule has 186 valence electrons. The molecule has 0 aliphatic carbocycles. The number of nitrogens with zero attached hydrogens (tertiary/aromatic N) is 2. The first-order valence-corrected chi connectivity index (χ1v) is 11.4. The van der Waals surface area contributed by atoms with Gasteiger partial charge in [-0.25, -0.2) is 9.59 Å². The first-order chi connectivity index (χ1) is 17.6. The fourth-order valence-corrected chi connectivity index (χ4v) is 4.13. The topological polar surface area (TPSA) is 115 Å². The molecule has 2 saturated heterocycles. The number of pyridine rings is 2. The predicted octanol–water partition coefficient (Wildman–Crippen LogP) is 2.71. The molecular weight excluding hydrogens is 468 g/mol. The Kier molecular flexibility index (Phi) is 7.28. The molecule has 0 bridgehead atoms. The number of carbonyl (C=O) groups excluding carboxylic acids is 2. The fraction of sp³-hybridized carbons (Fsp3) is 0.308. The lowest BCUT2D eigenvalue weighted by molar-refractivity contribution is -0.356. The van der Waals surface area contributed by atoms with Crippen LogP contribution < -0.4 is 0 Å². The fourth-order valence-electron chi connectivity index (χ4n) is 4.13. The number of rotatable bonds is 6. The molecular formula is C26H24N2O8. The highest BCUT2D eigenvalue weighted by molar-refractivity contribution is 5.90. The summed E-state index contributed by atoms with van der Waals surface area (Å²) < 4.78 is 35.3. The SMILES string of the molecule is CO[C@H]1O[C@@H]2CO[C@@H](c3ccccc3)O[C@H]2[C@H](OC(=O)c2cccnc2)[C@H]1OC(=O)c1cccnc1. The van der Waals surface area contributed by atoms with E-state index in [-0.39, 0.29) is 17.7 Å². The van der Waals surface area contributed by atoms with Crippen molar-refractivity contribution in [3.8, 4) is 0 Å². The number of fused-ring (bicyclic) bond motifs is 1. The van der Waals surface area contributed by atoms with Crippen LogP contribution in [0.4, 0.5) is 0 Å². The molecule has 2 aromatic heterocycles. The maximum Gasteiger partial charge on any atom is 0.340 e. The van der Waals surface area contributed by atoms with Gasteiger partial charge in [0.15, 0.2) is 24.8 Å². The summed E-state index contributed by atoms with van der Waals surface area (Å²) in [6.07, 6.45) is 0.413. The Hall–Kier alpha value is -3.70. The van der Waals surface area contributed by atoms with E-state index in [2.05, 4.69) is 9.97 Å². The summed E-state index contributed by atoms with van der Waals surface area (Å²) in [5.74, 6) is -1.33. The Morgan fingerprint density at radius 2 is 1.47 bits per heavy atom. The molecule has 2 aliphatic heterocycles. The molecule has 1 aromatic carbocycles. The predicted molar refractivity (Wildman–Crippen MR) is 123 cm³/mol. The molecule has 0 spiro atoms. The third-order valence-electron chi connectivity index (χ3n) is 5.87. The minimum absolute atomic E-state index is 0.147. The van der Waals surface area contributed by atoms with Crippen molar-refractivity contribution >= 4 is 11.9 Å². The third kappa shape index (κ3) is 5.12. The van der Waals surface area contributed by atoms with Crippen molar-refractivity contribution < 1.29 is 38.0 Å². The molecule has 0 N–H and O–H groups in total. The van der Waals surface area contributed by atoms with E-state index >= 15 is 0 Å². The van der Waals surface area contributed by atoms with Gasteiger partial charge in [-0.3, -0.25) is 9.97 Å². The molecule has 2 fully saturated rings. The zero-order valence-corrected chi connectivity index (χ0v) is 19.3. The summed E-state index contributed by atoms with van der Waals surface area (Å²) in [7, 11) is 1.41. The number of esters is 2. The van der Waals surface area contributed by atoms with Gasteiger partial charge < -0.3 is 28.4 Å². The van der Waals surface area contributed by atoms with Crippen molar-refractivity contribution in [3.05, 3.63) is 96.1 Å². The van der Waals surface area contributed by atoms with Gasteiger partial charge in [-0.05, 0) is 24.3 Å². The van der Waals surface area contributed by atoms with Crippen molar-refractivity contribution in [2.24, 2.45) is 0 Å². The van der Waals surface area contributed by atoms with Crippen LogP contribution in [0.2, 0.25) is 0 Å². The summed E-state index contributed by atoms with van der Waals surface area (Å²) in [6.45, 7) is 0.147. The van der Waals surface area contributed by atoms with Gasteiger partial charge in [0.2, 0.25) is 0 Å². The summed E-state index contributed by atoms with van der Waals surface area (Å²) in [5.41, 5.74) is 1.24. The van der Waals surface area contributed by atoms with Gasteiger partial charge in [0.1, 0.15) is 12.2 Å². The molecule has 0 saturated carbocycles. The monoisotopic (exact) mass is 492 g/mol. The van der Waals surface area contributed by atoms with Crippen molar-refractivity contribution in [2.45, 2.75) is 37.0 Å². The standard InChI is InChI=1S/C26H24N2O8/c1-31-26-22(35-24(30)18-10-6-12-28-14-18)21(34-23(29)17-9-5-11-27-13-17)20-19(33-26)15-32-25(36-20)16-7-3-2-4-8-16/h2-14,19-22,25-26H,15H2,1H3/t19-,20-,21+,22-,25-,26+/m1/s1. The summed E-state index contributed by atoms with van der Waals surface area (Å²) in [4.78, 5) is 33.9. The normalized spacial score (nSPS) is 27.5. The Balaban J connectivity index is 1.46. The van der Waals surface area contributed by atoms with Crippen LogP contribution in [0.25, 0.3) is 0 Å². The average Bonchev–Trinajstić information content (AvgIpc) is 2.95. The van der Waals surface area contributed by atoms with Crippen LogP contribution >= 0.6 is 0 Å². The van der Waals surface area contributed by atoms with Crippen molar-refractivity contribution in [3.63, 3.8) is 0 Å². The lowest BCUT2D eigenvalue weighted by Gasteiger charge is -2.47. The smallest absolute Gasteiger partial charge is 0.340 e. The molecule has 10 heteroatoms. The maximum atomic E-state index is 13.1. The van der Waals surface area contributed by atoms with Crippen molar-refractivity contribution in [1.29, 1.82) is 0 Å². The first-order valence-electron chi connectivity index (χ1n) is 11.4. The second-order valence-electron chi connectivity index (χ2n) is 8.18. The van der Waals surface area contributed by atoms with Gasteiger partial charge in [-0.2, -0.15) is 0 Å². The molecule has 5 rings (SSSR count). The Morgan fingerprint density at radius 3 is 2.06 bits per heavy atom. The van der Waals surface area contributed by atoms with E-state index < -0.39 is 48.9 Å². The number of ether oxygens (including phenoxy) is 6. The zero-order valence-electron chi connectivity index (χ0n) is 19.3. The maximum absolute atomic E-state index is 13.1. The second kappa shape index (κ2) is 10.9. The number of benzene rings is 1. The van der Waals surface area contributed by atoms with Crippen molar-refractivity contribution in [2.75, 3.05) is 13.7 Å². The number of hydrogen-bond acceptors (Lipinski definition) is 10. The van der Waals surface area contributed by atoms with Gasteiger partial charge in [-0.15, -0.1) is 0 Å². The molecule has 0 unspecified atom stereocenters. The second-order valence-corrected chi connectivity index (χ2v) is 8.18. The minimum Gasteiger partial charge on any atom is -0.452 e. The van der Waals surface area contributed by atoms with E-state index in [0.717, 1.165) is 5.56 Å². The van der Waals surface area contributed by atoms with Gasteiger partial charge in [0.05, 0.1) is 17.7 Å². The van der Waals surface area contributed by atoms with Crippen LogP contribution in [-0.4, -0.2) is 66.3 Å². The lowest BCUT2D eigenvalue weighted by Crippen LogP contribution is -2.64. The Labute approximate surface area is 207 Å². The minimum atomic E-state index is -1.14. The van der Waals surface area contributed by atoms with Gasteiger partial charge in [0, 0.05) is 37.5 Å². The van der Waals surface area contributed by atoms with Gasteiger partial charge >= 0.3 is 11.9 Å². The first kappa shape index (κ1) is 24.0. The van der Waals surface area contributed by atoms with E-state index in [0.29, 0.717) is 0 Å². The van der Waals surface area contributed by atoms with Gasteiger partial charge in [0.25, 0.3) is 0 Å². The molecule has 10 nitrogen and oxygen atoms in total. The number of aromatic nitrogens is 2. The lowest BCUT2D eigenvalue weighted by atomic mass is 9.97. The highest BCUT2D eigenvalue weighted by Crippen LogP contribution is 2.37. The average molecular weight is 492 g/mol. The summed E-state index contributed by atoms with van der Waals surface area (Å²) in [6, 6.07) is 15.7. The molecule has 6 atom stereocenters. The van der Waals surface area contributed by atoms with Gasteiger partial charge in [-0.1, -0.05) is 30.3 Å². The third-order valence-corrected chi connectivity index (χ3v) is 5.87. The summed E-state index contributed by atoms with van der Waals surface area (Å²) >= 11 is 0. The highest BCUT2D eigenvalue weighted by atomic mass is 16.8. The van der Waals surface area contributed by atoms with E-state index in [1.54, 1.807) is 36.7 Å². The van der Waals surface area contributed by atoms with Crippen molar-refractivity contribution in [1.82, 2.24) is 9.97 Å². The van der Waals surface area contributed by atoms with Crippen LogP contribution in [0.3, 0.4) is 0 Å². The highest BCUT2D eigenvalue weighted by Gasteiger charge is 2.54. The van der Waals surface area contributed by atoms with E-state index in [4.69, 9.17) is 28.4 Å². The Bertz CT molecular complexity index is 1160. The van der Waals surface area contributed by atoms with Crippen LogP contribution in [0, 0.1) is 0 Å².